The molecule has 1 amide bonds. The van der Waals surface area contributed by atoms with Crippen molar-refractivity contribution in [2.75, 3.05) is 12.0 Å². The number of amides is 1. The van der Waals surface area contributed by atoms with Crippen molar-refractivity contribution >= 4 is 23.6 Å². The van der Waals surface area contributed by atoms with E-state index < -0.39 is 12.0 Å². The molecule has 0 radical (unpaired) electrons. The normalized spacial score (nSPS) is 16.8. The molecule has 5 heteroatoms. The standard InChI is InChI=1S/C11H19NO3S/c1-16-6-2-3-10(13)12-9(11(14)15)7-8-4-5-8/h8-9H,2-7H2,1H3,(H,12,13)(H,14,15). The van der Waals surface area contributed by atoms with Crippen LogP contribution >= 0.6 is 11.8 Å². The first kappa shape index (κ1) is 13.4. The fourth-order valence-electron chi connectivity index (χ4n) is 1.55. The summed E-state index contributed by atoms with van der Waals surface area (Å²) in [5.74, 6) is 0.396. The fraction of sp³-hybridized carbons (Fsp3) is 0.818. The van der Waals surface area contributed by atoms with Gasteiger partial charge in [0.25, 0.3) is 0 Å². The Kier molecular flexibility index (Phi) is 5.66. The summed E-state index contributed by atoms with van der Waals surface area (Å²) in [6.07, 6.45) is 6.02. The predicted octanol–water partition coefficient (Wildman–Crippen LogP) is 1.50. The van der Waals surface area contributed by atoms with Gasteiger partial charge in [-0.1, -0.05) is 12.8 Å². The zero-order chi connectivity index (χ0) is 12.0. The summed E-state index contributed by atoms with van der Waals surface area (Å²) in [6.45, 7) is 0. The molecule has 0 aromatic heterocycles. The van der Waals surface area contributed by atoms with E-state index in [1.807, 2.05) is 6.26 Å². The van der Waals surface area contributed by atoms with Crippen molar-refractivity contribution in [2.24, 2.45) is 5.92 Å². The highest BCUT2D eigenvalue weighted by Gasteiger charge is 2.29. The van der Waals surface area contributed by atoms with Crippen LogP contribution in [0.1, 0.15) is 32.1 Å². The van der Waals surface area contributed by atoms with Gasteiger partial charge in [0, 0.05) is 6.42 Å². The molecule has 0 aromatic rings. The van der Waals surface area contributed by atoms with Gasteiger partial charge in [-0.15, -0.1) is 0 Å². The van der Waals surface area contributed by atoms with Gasteiger partial charge in [0.05, 0.1) is 0 Å². The van der Waals surface area contributed by atoms with Crippen molar-refractivity contribution in [3.8, 4) is 0 Å². The molecule has 1 aliphatic carbocycles. The van der Waals surface area contributed by atoms with Gasteiger partial charge in [-0.2, -0.15) is 11.8 Å². The molecule has 1 fully saturated rings. The molecule has 1 aliphatic rings. The topological polar surface area (TPSA) is 66.4 Å². The first-order valence-corrected chi connectivity index (χ1v) is 7.04. The third-order valence-electron chi connectivity index (χ3n) is 2.65. The SMILES string of the molecule is CSCCCC(=O)NC(CC1CC1)C(=O)O. The van der Waals surface area contributed by atoms with E-state index in [1.165, 1.54) is 0 Å². The van der Waals surface area contributed by atoms with Crippen LogP contribution in [-0.4, -0.2) is 35.0 Å². The molecule has 0 spiro atoms. The molecule has 0 bridgehead atoms. The molecular weight excluding hydrogens is 226 g/mol. The Labute approximate surface area is 100 Å². The van der Waals surface area contributed by atoms with E-state index in [4.69, 9.17) is 5.11 Å². The Hall–Kier alpha value is -0.710. The van der Waals surface area contributed by atoms with Crippen LogP contribution < -0.4 is 5.32 Å². The molecule has 0 saturated heterocycles. The highest BCUT2D eigenvalue weighted by atomic mass is 32.2. The molecule has 1 saturated carbocycles. The summed E-state index contributed by atoms with van der Waals surface area (Å²) in [6, 6.07) is -0.686. The Balaban J connectivity index is 2.23. The zero-order valence-electron chi connectivity index (χ0n) is 9.57. The van der Waals surface area contributed by atoms with Gasteiger partial charge >= 0.3 is 5.97 Å². The minimum absolute atomic E-state index is 0.137. The van der Waals surface area contributed by atoms with Crippen LogP contribution in [0.15, 0.2) is 0 Å². The van der Waals surface area contributed by atoms with E-state index in [9.17, 15) is 9.59 Å². The zero-order valence-corrected chi connectivity index (χ0v) is 10.4. The van der Waals surface area contributed by atoms with Gasteiger partial charge < -0.3 is 10.4 Å². The number of carboxylic acids is 1. The second-order valence-corrected chi connectivity index (χ2v) is 5.22. The molecule has 0 heterocycles. The molecule has 16 heavy (non-hydrogen) atoms. The average Bonchev–Trinajstić information content (AvgIpc) is 3.01. The van der Waals surface area contributed by atoms with Crippen molar-refractivity contribution in [2.45, 2.75) is 38.1 Å². The lowest BCUT2D eigenvalue weighted by Gasteiger charge is -2.13. The van der Waals surface area contributed by atoms with Crippen molar-refractivity contribution in [3.63, 3.8) is 0 Å². The largest absolute Gasteiger partial charge is 0.480 e. The van der Waals surface area contributed by atoms with Crippen LogP contribution in [0.5, 0.6) is 0 Å². The number of carbonyl (C=O) groups is 2. The summed E-state index contributed by atoms with van der Waals surface area (Å²) in [5, 5.41) is 11.6. The third kappa shape index (κ3) is 5.39. The van der Waals surface area contributed by atoms with E-state index in [1.54, 1.807) is 11.8 Å². The van der Waals surface area contributed by atoms with E-state index in [-0.39, 0.29) is 5.91 Å². The van der Waals surface area contributed by atoms with Gasteiger partial charge in [-0.25, -0.2) is 4.79 Å². The van der Waals surface area contributed by atoms with E-state index in [2.05, 4.69) is 5.32 Å². The summed E-state index contributed by atoms with van der Waals surface area (Å²) < 4.78 is 0. The molecule has 4 nitrogen and oxygen atoms in total. The van der Waals surface area contributed by atoms with Crippen LogP contribution in [0.2, 0.25) is 0 Å². The molecule has 92 valence electrons. The van der Waals surface area contributed by atoms with Gasteiger partial charge in [0.15, 0.2) is 0 Å². The second kappa shape index (κ2) is 6.78. The Morgan fingerprint density at radius 1 is 1.50 bits per heavy atom. The molecule has 1 atom stereocenters. The van der Waals surface area contributed by atoms with Crippen LogP contribution in [0, 0.1) is 5.92 Å². The highest BCUT2D eigenvalue weighted by molar-refractivity contribution is 7.98. The van der Waals surface area contributed by atoms with E-state index in [0.717, 1.165) is 25.0 Å². The minimum atomic E-state index is -0.912. The lowest BCUT2D eigenvalue weighted by atomic mass is 10.1. The van der Waals surface area contributed by atoms with E-state index >= 15 is 0 Å². The third-order valence-corrected chi connectivity index (χ3v) is 3.35. The van der Waals surface area contributed by atoms with Crippen LogP contribution in [0.3, 0.4) is 0 Å². The molecule has 0 aromatic carbocycles. The number of carbonyl (C=O) groups excluding carboxylic acids is 1. The maximum Gasteiger partial charge on any atom is 0.326 e. The number of rotatable bonds is 8. The summed E-state index contributed by atoms with van der Waals surface area (Å²) in [4.78, 5) is 22.4. The van der Waals surface area contributed by atoms with Gasteiger partial charge in [0.2, 0.25) is 5.91 Å². The highest BCUT2D eigenvalue weighted by Crippen LogP contribution is 2.33. The number of hydrogen-bond donors (Lipinski definition) is 2. The van der Waals surface area contributed by atoms with Gasteiger partial charge in [-0.05, 0) is 30.8 Å². The van der Waals surface area contributed by atoms with Crippen molar-refractivity contribution < 1.29 is 14.7 Å². The minimum Gasteiger partial charge on any atom is -0.480 e. The lowest BCUT2D eigenvalue weighted by molar-refractivity contribution is -0.142. The summed E-state index contributed by atoms with van der Waals surface area (Å²) in [7, 11) is 0. The van der Waals surface area contributed by atoms with Crippen molar-refractivity contribution in [3.05, 3.63) is 0 Å². The average molecular weight is 245 g/mol. The number of aliphatic carboxylic acids is 1. The van der Waals surface area contributed by atoms with Gasteiger partial charge in [-0.3, -0.25) is 4.79 Å². The number of thioether (sulfide) groups is 1. The van der Waals surface area contributed by atoms with Gasteiger partial charge in [0.1, 0.15) is 6.04 Å². The monoisotopic (exact) mass is 245 g/mol. The maximum absolute atomic E-state index is 11.5. The Morgan fingerprint density at radius 2 is 2.19 bits per heavy atom. The summed E-state index contributed by atoms with van der Waals surface area (Å²) in [5.41, 5.74) is 0. The van der Waals surface area contributed by atoms with E-state index in [0.29, 0.717) is 18.8 Å². The Bertz CT molecular complexity index is 254. The molecule has 2 N–H and O–H groups in total. The molecule has 1 unspecified atom stereocenters. The number of hydrogen-bond acceptors (Lipinski definition) is 3. The number of carboxylic acid groups (broad SMARTS) is 1. The van der Waals surface area contributed by atoms with Crippen molar-refractivity contribution in [1.82, 2.24) is 5.32 Å². The molecule has 0 aliphatic heterocycles. The predicted molar refractivity (Wildman–Crippen MR) is 64.5 cm³/mol. The van der Waals surface area contributed by atoms with Crippen LogP contribution in [0.4, 0.5) is 0 Å². The lowest BCUT2D eigenvalue weighted by Crippen LogP contribution is -2.41. The second-order valence-electron chi connectivity index (χ2n) is 4.23. The summed E-state index contributed by atoms with van der Waals surface area (Å²) >= 11 is 1.69. The molecular formula is C11H19NO3S. The maximum atomic E-state index is 11.5. The first-order chi connectivity index (χ1) is 7.63. The molecule has 1 rings (SSSR count). The first-order valence-electron chi connectivity index (χ1n) is 5.64. The Morgan fingerprint density at radius 3 is 2.69 bits per heavy atom. The number of nitrogens with one attached hydrogen (secondary N) is 1. The quantitative estimate of drug-likeness (QED) is 0.636. The van der Waals surface area contributed by atoms with Crippen LogP contribution in [0.25, 0.3) is 0 Å². The fourth-order valence-corrected chi connectivity index (χ4v) is 1.98. The smallest absolute Gasteiger partial charge is 0.326 e. The van der Waals surface area contributed by atoms with Crippen molar-refractivity contribution in [1.29, 1.82) is 0 Å². The van der Waals surface area contributed by atoms with Crippen LogP contribution in [-0.2, 0) is 9.59 Å².